The summed E-state index contributed by atoms with van der Waals surface area (Å²) >= 11 is 1.60. The molecular weight excluding hydrogens is 322 g/mol. The Labute approximate surface area is 133 Å². The highest BCUT2D eigenvalue weighted by molar-refractivity contribution is 7.91. The maximum Gasteiger partial charge on any atom is 0.230 e. The summed E-state index contributed by atoms with van der Waals surface area (Å²) in [5.74, 6) is 0.700. The second-order valence-corrected chi connectivity index (χ2v) is 9.06. The van der Waals surface area contributed by atoms with Gasteiger partial charge in [0.15, 0.2) is 9.84 Å². The fourth-order valence-electron chi connectivity index (χ4n) is 2.60. The standard InChI is InChI=1S/C14H17N3O3S2/c1-10-2-3-12(21-10)8-14(18)16-13-4-6-15-17(13)11-5-7-22(19,20)9-11/h2-4,6,11H,5,7-9H2,1H3,(H,16,18)/t11-/m0/s1. The second kappa shape index (κ2) is 5.85. The van der Waals surface area contributed by atoms with E-state index in [1.165, 1.54) is 4.88 Å². The third-order valence-electron chi connectivity index (χ3n) is 3.62. The largest absolute Gasteiger partial charge is 0.311 e. The molecule has 118 valence electrons. The number of amides is 1. The number of nitrogens with zero attached hydrogens (tertiary/aromatic N) is 2. The molecule has 0 radical (unpaired) electrons. The number of anilines is 1. The number of nitrogens with one attached hydrogen (secondary N) is 1. The van der Waals surface area contributed by atoms with Gasteiger partial charge in [0.1, 0.15) is 5.82 Å². The molecule has 8 heteroatoms. The second-order valence-electron chi connectivity index (χ2n) is 5.46. The van der Waals surface area contributed by atoms with Crippen LogP contribution in [0.25, 0.3) is 0 Å². The Morgan fingerprint density at radius 3 is 2.91 bits per heavy atom. The van der Waals surface area contributed by atoms with Crippen molar-refractivity contribution in [3.63, 3.8) is 0 Å². The molecule has 1 aliphatic heterocycles. The van der Waals surface area contributed by atoms with Crippen LogP contribution in [-0.4, -0.2) is 35.6 Å². The molecule has 1 atom stereocenters. The van der Waals surface area contributed by atoms with Crippen LogP contribution in [0, 0.1) is 6.92 Å². The van der Waals surface area contributed by atoms with E-state index in [1.807, 2.05) is 19.1 Å². The van der Waals surface area contributed by atoms with E-state index in [0.29, 0.717) is 18.7 Å². The minimum absolute atomic E-state index is 0.0850. The van der Waals surface area contributed by atoms with Crippen molar-refractivity contribution in [1.82, 2.24) is 9.78 Å². The van der Waals surface area contributed by atoms with Crippen molar-refractivity contribution >= 4 is 32.9 Å². The van der Waals surface area contributed by atoms with Crippen LogP contribution < -0.4 is 5.32 Å². The lowest BCUT2D eigenvalue weighted by Gasteiger charge is -2.13. The van der Waals surface area contributed by atoms with Gasteiger partial charge in [0, 0.05) is 15.8 Å². The molecule has 0 spiro atoms. The Bertz CT molecular complexity index is 792. The first-order chi connectivity index (χ1) is 10.4. The summed E-state index contributed by atoms with van der Waals surface area (Å²) in [7, 11) is -2.98. The van der Waals surface area contributed by atoms with Crippen molar-refractivity contribution in [2.24, 2.45) is 0 Å². The topological polar surface area (TPSA) is 81.1 Å². The van der Waals surface area contributed by atoms with Gasteiger partial charge < -0.3 is 5.32 Å². The predicted octanol–water partition coefficient (Wildman–Crippen LogP) is 1.79. The lowest BCUT2D eigenvalue weighted by Crippen LogP contribution is -2.20. The molecule has 0 bridgehead atoms. The van der Waals surface area contributed by atoms with Crippen molar-refractivity contribution in [1.29, 1.82) is 0 Å². The van der Waals surface area contributed by atoms with Gasteiger partial charge in [0.25, 0.3) is 0 Å². The van der Waals surface area contributed by atoms with Crippen LogP contribution in [0.5, 0.6) is 0 Å². The molecule has 22 heavy (non-hydrogen) atoms. The number of aryl methyl sites for hydroxylation is 1. The van der Waals surface area contributed by atoms with Crippen LogP contribution in [0.3, 0.4) is 0 Å². The predicted molar refractivity (Wildman–Crippen MR) is 85.9 cm³/mol. The van der Waals surface area contributed by atoms with Crippen molar-refractivity contribution in [3.8, 4) is 0 Å². The normalized spacial score (nSPS) is 20.1. The lowest BCUT2D eigenvalue weighted by atomic mass is 10.3. The zero-order chi connectivity index (χ0) is 15.7. The van der Waals surface area contributed by atoms with Crippen LogP contribution >= 0.6 is 11.3 Å². The van der Waals surface area contributed by atoms with E-state index in [-0.39, 0.29) is 23.5 Å². The van der Waals surface area contributed by atoms with E-state index in [9.17, 15) is 13.2 Å². The molecule has 1 N–H and O–H groups in total. The highest BCUT2D eigenvalue weighted by atomic mass is 32.2. The van der Waals surface area contributed by atoms with Gasteiger partial charge in [0.05, 0.1) is 30.2 Å². The van der Waals surface area contributed by atoms with Gasteiger partial charge >= 0.3 is 0 Å². The first-order valence-corrected chi connectivity index (χ1v) is 9.66. The lowest BCUT2D eigenvalue weighted by molar-refractivity contribution is -0.115. The summed E-state index contributed by atoms with van der Waals surface area (Å²) in [6.45, 7) is 2.00. The fourth-order valence-corrected chi connectivity index (χ4v) is 5.18. The van der Waals surface area contributed by atoms with Gasteiger partial charge in [-0.2, -0.15) is 5.10 Å². The monoisotopic (exact) mass is 339 g/mol. The smallest absolute Gasteiger partial charge is 0.230 e. The molecule has 1 aliphatic rings. The number of hydrogen-bond acceptors (Lipinski definition) is 5. The SMILES string of the molecule is Cc1ccc(CC(=O)Nc2ccnn2[C@H]2CCS(=O)(=O)C2)s1. The molecule has 3 heterocycles. The Kier molecular flexibility index (Phi) is 4.05. The first kappa shape index (κ1) is 15.2. The number of rotatable bonds is 4. The van der Waals surface area contributed by atoms with Gasteiger partial charge in [0.2, 0.25) is 5.91 Å². The van der Waals surface area contributed by atoms with Gasteiger partial charge in [-0.3, -0.25) is 4.79 Å². The van der Waals surface area contributed by atoms with Gasteiger partial charge in [-0.05, 0) is 25.5 Å². The number of aromatic nitrogens is 2. The average Bonchev–Trinajstić information content (AvgIpc) is 3.11. The summed E-state index contributed by atoms with van der Waals surface area (Å²) in [6, 6.07) is 5.43. The zero-order valence-corrected chi connectivity index (χ0v) is 13.8. The Balaban J connectivity index is 1.69. The van der Waals surface area contributed by atoms with Gasteiger partial charge in [-0.1, -0.05) is 0 Å². The summed E-state index contributed by atoms with van der Waals surface area (Å²) < 4.78 is 24.8. The van der Waals surface area contributed by atoms with E-state index in [2.05, 4.69) is 10.4 Å². The van der Waals surface area contributed by atoms with Crippen LogP contribution in [0.4, 0.5) is 5.82 Å². The van der Waals surface area contributed by atoms with Crippen LogP contribution in [0.2, 0.25) is 0 Å². The number of sulfone groups is 1. The highest BCUT2D eigenvalue weighted by Crippen LogP contribution is 2.26. The van der Waals surface area contributed by atoms with Gasteiger partial charge in [-0.15, -0.1) is 11.3 Å². The molecule has 6 nitrogen and oxygen atoms in total. The van der Waals surface area contributed by atoms with E-state index in [0.717, 1.165) is 4.88 Å². The summed E-state index contributed by atoms with van der Waals surface area (Å²) in [6.07, 6.45) is 2.43. The Hall–Kier alpha value is -1.67. The molecule has 1 saturated heterocycles. The molecular formula is C14H17N3O3S2. The molecule has 2 aromatic rings. The van der Waals surface area contributed by atoms with Crippen LogP contribution in [-0.2, 0) is 21.1 Å². The molecule has 0 aliphatic carbocycles. The molecule has 1 fully saturated rings. The first-order valence-electron chi connectivity index (χ1n) is 7.02. The quantitative estimate of drug-likeness (QED) is 0.921. The fraction of sp³-hybridized carbons (Fsp3) is 0.429. The number of carbonyl (C=O) groups excluding carboxylic acids is 1. The minimum Gasteiger partial charge on any atom is -0.311 e. The van der Waals surface area contributed by atoms with E-state index < -0.39 is 9.84 Å². The Morgan fingerprint density at radius 1 is 1.45 bits per heavy atom. The number of carbonyl (C=O) groups is 1. The van der Waals surface area contributed by atoms with Crippen LogP contribution in [0.15, 0.2) is 24.4 Å². The Morgan fingerprint density at radius 2 is 2.27 bits per heavy atom. The van der Waals surface area contributed by atoms with Crippen molar-refractivity contribution in [2.45, 2.75) is 25.8 Å². The number of hydrogen-bond donors (Lipinski definition) is 1. The molecule has 2 aromatic heterocycles. The van der Waals surface area contributed by atoms with Gasteiger partial charge in [-0.25, -0.2) is 13.1 Å². The molecule has 0 unspecified atom stereocenters. The molecule has 0 aromatic carbocycles. The zero-order valence-electron chi connectivity index (χ0n) is 12.2. The van der Waals surface area contributed by atoms with E-state index >= 15 is 0 Å². The summed E-state index contributed by atoms with van der Waals surface area (Å²) in [5, 5.41) is 6.99. The maximum atomic E-state index is 12.1. The number of thiophene rings is 1. The van der Waals surface area contributed by atoms with E-state index in [4.69, 9.17) is 0 Å². The average molecular weight is 339 g/mol. The molecule has 1 amide bonds. The summed E-state index contributed by atoms with van der Waals surface area (Å²) in [4.78, 5) is 14.3. The van der Waals surface area contributed by atoms with Crippen molar-refractivity contribution in [2.75, 3.05) is 16.8 Å². The van der Waals surface area contributed by atoms with Crippen LogP contribution in [0.1, 0.15) is 22.2 Å². The van der Waals surface area contributed by atoms with Crippen molar-refractivity contribution in [3.05, 3.63) is 34.2 Å². The summed E-state index contributed by atoms with van der Waals surface area (Å²) in [5.41, 5.74) is 0. The highest BCUT2D eigenvalue weighted by Gasteiger charge is 2.30. The third kappa shape index (κ3) is 3.38. The molecule has 3 rings (SSSR count). The third-order valence-corrected chi connectivity index (χ3v) is 6.37. The van der Waals surface area contributed by atoms with E-state index in [1.54, 1.807) is 28.3 Å². The minimum atomic E-state index is -2.98. The molecule has 0 saturated carbocycles. The maximum absolute atomic E-state index is 12.1. The van der Waals surface area contributed by atoms with Crippen molar-refractivity contribution < 1.29 is 13.2 Å².